The summed E-state index contributed by atoms with van der Waals surface area (Å²) in [6.07, 6.45) is 1.73. The van der Waals surface area contributed by atoms with Crippen LogP contribution in [0.5, 0.6) is 5.75 Å². The summed E-state index contributed by atoms with van der Waals surface area (Å²) in [6.45, 7) is 0.366. The SMILES string of the molecule is O=C1S/C(=C\c2ccc(OCc3ccccc3Cl)c(I)c2)C(=O)N1c1ccccc1. The van der Waals surface area contributed by atoms with Gasteiger partial charge in [-0.25, -0.2) is 4.90 Å². The number of amides is 2. The molecule has 0 N–H and O–H groups in total. The first-order chi connectivity index (χ1) is 14.5. The maximum Gasteiger partial charge on any atom is 0.298 e. The number of para-hydroxylation sites is 1. The summed E-state index contributed by atoms with van der Waals surface area (Å²) < 4.78 is 6.79. The van der Waals surface area contributed by atoms with Gasteiger partial charge >= 0.3 is 0 Å². The van der Waals surface area contributed by atoms with Crippen LogP contribution in [-0.4, -0.2) is 11.1 Å². The van der Waals surface area contributed by atoms with Crippen LogP contribution < -0.4 is 9.64 Å². The van der Waals surface area contributed by atoms with Crippen molar-refractivity contribution in [2.75, 3.05) is 4.90 Å². The van der Waals surface area contributed by atoms with Crippen LogP contribution in [0.1, 0.15) is 11.1 Å². The smallest absolute Gasteiger partial charge is 0.298 e. The van der Waals surface area contributed by atoms with Crippen molar-refractivity contribution >= 4 is 68.9 Å². The van der Waals surface area contributed by atoms with E-state index < -0.39 is 0 Å². The van der Waals surface area contributed by atoms with Crippen LogP contribution in [0.2, 0.25) is 5.02 Å². The number of nitrogens with zero attached hydrogens (tertiary/aromatic N) is 1. The Morgan fingerprint density at radius 1 is 1.00 bits per heavy atom. The lowest BCUT2D eigenvalue weighted by Crippen LogP contribution is -2.27. The fraction of sp³-hybridized carbons (Fsp3) is 0.0435. The van der Waals surface area contributed by atoms with Crippen LogP contribution in [0.3, 0.4) is 0 Å². The lowest BCUT2D eigenvalue weighted by Gasteiger charge is -2.11. The minimum Gasteiger partial charge on any atom is -0.488 e. The highest BCUT2D eigenvalue weighted by Crippen LogP contribution is 2.36. The van der Waals surface area contributed by atoms with Crippen molar-refractivity contribution in [3.63, 3.8) is 0 Å². The standard InChI is InChI=1S/C23H15ClINO3S/c24-18-9-5-4-6-16(18)14-29-20-11-10-15(12-19(20)25)13-21-22(27)26(23(28)30-21)17-7-2-1-3-8-17/h1-13H,14H2/b21-13-. The average Bonchev–Trinajstić information content (AvgIpc) is 3.02. The molecule has 2 amide bonds. The number of ether oxygens (including phenoxy) is 1. The molecule has 0 aromatic heterocycles. The second-order valence-electron chi connectivity index (χ2n) is 6.42. The zero-order chi connectivity index (χ0) is 21.1. The lowest BCUT2D eigenvalue weighted by atomic mass is 10.2. The first-order valence-electron chi connectivity index (χ1n) is 9.02. The Hall–Kier alpha value is -2.29. The molecule has 1 fully saturated rings. The van der Waals surface area contributed by atoms with E-state index in [1.807, 2.05) is 48.5 Å². The molecular formula is C23H15ClINO3S. The molecule has 0 unspecified atom stereocenters. The Morgan fingerprint density at radius 2 is 1.73 bits per heavy atom. The Kier molecular flexibility index (Phi) is 6.46. The third-order valence-corrected chi connectivity index (χ3v) is 6.48. The fourth-order valence-corrected chi connectivity index (χ4v) is 4.64. The third-order valence-electron chi connectivity index (χ3n) is 4.40. The van der Waals surface area contributed by atoms with Crippen LogP contribution in [0, 0.1) is 3.57 Å². The van der Waals surface area contributed by atoms with Crippen molar-refractivity contribution < 1.29 is 14.3 Å². The van der Waals surface area contributed by atoms with E-state index in [2.05, 4.69) is 22.6 Å². The van der Waals surface area contributed by atoms with Gasteiger partial charge in [-0.3, -0.25) is 9.59 Å². The molecular weight excluding hydrogens is 533 g/mol. The van der Waals surface area contributed by atoms with E-state index in [-0.39, 0.29) is 11.1 Å². The third kappa shape index (κ3) is 4.55. The van der Waals surface area contributed by atoms with Crippen LogP contribution in [-0.2, 0) is 11.4 Å². The highest BCUT2D eigenvalue weighted by atomic mass is 127. The highest BCUT2D eigenvalue weighted by Gasteiger charge is 2.36. The molecule has 3 aromatic rings. The molecule has 0 radical (unpaired) electrons. The van der Waals surface area contributed by atoms with Gasteiger partial charge in [0.2, 0.25) is 0 Å². The predicted octanol–water partition coefficient (Wildman–Crippen LogP) is 6.76. The van der Waals surface area contributed by atoms with Crippen molar-refractivity contribution in [2.45, 2.75) is 6.61 Å². The molecule has 30 heavy (non-hydrogen) atoms. The zero-order valence-electron chi connectivity index (χ0n) is 15.5. The van der Waals surface area contributed by atoms with Gasteiger partial charge in [0.15, 0.2) is 0 Å². The van der Waals surface area contributed by atoms with E-state index in [0.29, 0.717) is 22.2 Å². The quantitative estimate of drug-likeness (QED) is 0.261. The number of hydrogen-bond acceptors (Lipinski definition) is 4. The molecule has 7 heteroatoms. The molecule has 1 aliphatic heterocycles. The lowest BCUT2D eigenvalue weighted by molar-refractivity contribution is -0.113. The number of carbonyl (C=O) groups is 2. The van der Waals surface area contributed by atoms with E-state index >= 15 is 0 Å². The monoisotopic (exact) mass is 547 g/mol. The predicted molar refractivity (Wildman–Crippen MR) is 130 cm³/mol. The molecule has 150 valence electrons. The first kappa shape index (κ1) is 21.0. The minimum atomic E-state index is -0.315. The van der Waals surface area contributed by atoms with Crippen molar-refractivity contribution in [3.05, 3.63) is 97.4 Å². The van der Waals surface area contributed by atoms with E-state index in [4.69, 9.17) is 16.3 Å². The van der Waals surface area contributed by atoms with Crippen molar-refractivity contribution in [1.29, 1.82) is 0 Å². The van der Waals surface area contributed by atoms with Crippen LogP contribution >= 0.6 is 46.0 Å². The molecule has 4 rings (SSSR count). The Morgan fingerprint density at radius 3 is 2.47 bits per heavy atom. The largest absolute Gasteiger partial charge is 0.488 e. The first-order valence-corrected chi connectivity index (χ1v) is 11.3. The second kappa shape index (κ2) is 9.24. The van der Waals surface area contributed by atoms with E-state index in [0.717, 1.165) is 32.2 Å². The van der Waals surface area contributed by atoms with Crippen molar-refractivity contribution in [1.82, 2.24) is 0 Å². The molecule has 1 aliphatic rings. The summed E-state index contributed by atoms with van der Waals surface area (Å²) in [4.78, 5) is 26.7. The van der Waals surface area contributed by atoms with Crippen molar-refractivity contribution in [3.8, 4) is 5.75 Å². The average molecular weight is 548 g/mol. The van der Waals surface area contributed by atoms with Gasteiger partial charge in [-0.2, -0.15) is 0 Å². The molecule has 0 spiro atoms. The van der Waals surface area contributed by atoms with Gasteiger partial charge in [-0.1, -0.05) is 54.1 Å². The summed E-state index contributed by atoms with van der Waals surface area (Å²) in [5.74, 6) is 0.412. The summed E-state index contributed by atoms with van der Waals surface area (Å²) in [5, 5.41) is 0.366. The number of hydrogen-bond donors (Lipinski definition) is 0. The van der Waals surface area contributed by atoms with Gasteiger partial charge in [0.05, 0.1) is 14.2 Å². The molecule has 0 atom stereocenters. The van der Waals surface area contributed by atoms with Gasteiger partial charge < -0.3 is 4.74 Å². The van der Waals surface area contributed by atoms with Gasteiger partial charge in [0, 0.05) is 10.6 Å². The van der Waals surface area contributed by atoms with Crippen molar-refractivity contribution in [2.24, 2.45) is 0 Å². The Balaban J connectivity index is 1.50. The molecule has 0 bridgehead atoms. The Labute approximate surface area is 197 Å². The molecule has 1 saturated heterocycles. The Bertz CT molecular complexity index is 1150. The highest BCUT2D eigenvalue weighted by molar-refractivity contribution is 14.1. The van der Waals surface area contributed by atoms with Gasteiger partial charge in [-0.05, 0) is 76.3 Å². The van der Waals surface area contributed by atoms with E-state index in [1.54, 1.807) is 30.3 Å². The minimum absolute atomic E-state index is 0.299. The molecule has 4 nitrogen and oxygen atoms in total. The topological polar surface area (TPSA) is 46.6 Å². The van der Waals surface area contributed by atoms with E-state index in [1.165, 1.54) is 4.90 Å². The normalized spacial score (nSPS) is 15.1. The maximum atomic E-state index is 12.7. The molecule has 3 aromatic carbocycles. The summed E-state index contributed by atoms with van der Waals surface area (Å²) in [7, 11) is 0. The molecule has 1 heterocycles. The molecule has 0 aliphatic carbocycles. The summed E-state index contributed by atoms with van der Waals surface area (Å²) in [6, 6.07) is 22.1. The van der Waals surface area contributed by atoms with Gasteiger partial charge in [-0.15, -0.1) is 0 Å². The fourth-order valence-electron chi connectivity index (χ4n) is 2.91. The maximum absolute atomic E-state index is 12.7. The number of rotatable bonds is 5. The number of halogens is 2. The van der Waals surface area contributed by atoms with Crippen LogP contribution in [0.4, 0.5) is 10.5 Å². The molecule has 0 saturated carbocycles. The van der Waals surface area contributed by atoms with Gasteiger partial charge in [0.1, 0.15) is 12.4 Å². The second-order valence-corrected chi connectivity index (χ2v) is 8.99. The van der Waals surface area contributed by atoms with Crippen LogP contribution in [0.25, 0.3) is 6.08 Å². The zero-order valence-corrected chi connectivity index (χ0v) is 19.3. The summed E-state index contributed by atoms with van der Waals surface area (Å²) in [5.41, 5.74) is 2.30. The van der Waals surface area contributed by atoms with E-state index in [9.17, 15) is 9.59 Å². The van der Waals surface area contributed by atoms with Crippen LogP contribution in [0.15, 0.2) is 77.7 Å². The number of thioether (sulfide) groups is 1. The number of benzene rings is 3. The number of anilines is 1. The number of imide groups is 1. The number of carbonyl (C=O) groups excluding carboxylic acids is 2. The van der Waals surface area contributed by atoms with Gasteiger partial charge in [0.25, 0.3) is 11.1 Å². The summed E-state index contributed by atoms with van der Waals surface area (Å²) >= 11 is 9.31.